The second kappa shape index (κ2) is 5.70. The normalized spacial score (nSPS) is 15.4. The number of carbonyl (C=O) groups excluding carboxylic acids is 2. The molecule has 5 nitrogen and oxygen atoms in total. The van der Waals surface area contributed by atoms with Crippen LogP contribution in [0, 0.1) is 5.82 Å². The fraction of sp³-hybridized carbons (Fsp3) is 0.278. The van der Waals surface area contributed by atoms with Crippen LogP contribution >= 0.6 is 0 Å². The smallest absolute Gasteiger partial charge is 0.356 e. The van der Waals surface area contributed by atoms with Gasteiger partial charge in [0.2, 0.25) is 0 Å². The Hall–Kier alpha value is -2.76. The number of ketones is 1. The monoisotopic (exact) mass is 329 g/mol. The molecule has 2 aromatic rings. The van der Waals surface area contributed by atoms with E-state index in [0.29, 0.717) is 11.3 Å². The molecule has 1 aromatic heterocycles. The van der Waals surface area contributed by atoms with Crippen molar-refractivity contribution in [3.8, 4) is 16.9 Å². The van der Waals surface area contributed by atoms with Crippen molar-refractivity contribution in [3.63, 3.8) is 0 Å². The van der Waals surface area contributed by atoms with Gasteiger partial charge in [-0.05, 0) is 32.0 Å². The molecule has 0 spiro atoms. The van der Waals surface area contributed by atoms with Crippen molar-refractivity contribution in [2.75, 3.05) is 7.11 Å². The van der Waals surface area contributed by atoms with E-state index in [0.717, 1.165) is 0 Å². The molecule has 0 fully saturated rings. The highest BCUT2D eigenvalue weighted by Crippen LogP contribution is 2.37. The maximum Gasteiger partial charge on any atom is 0.356 e. The Bertz CT molecular complexity index is 828. The quantitative estimate of drug-likeness (QED) is 0.790. The zero-order valence-electron chi connectivity index (χ0n) is 13.6. The molecule has 0 atom stereocenters. The lowest BCUT2D eigenvalue weighted by molar-refractivity contribution is 0.0590. The molecule has 0 unspecified atom stereocenters. The van der Waals surface area contributed by atoms with Gasteiger partial charge < -0.3 is 9.47 Å². The van der Waals surface area contributed by atoms with Crippen molar-refractivity contribution >= 4 is 11.8 Å². The summed E-state index contributed by atoms with van der Waals surface area (Å²) >= 11 is 0. The fourth-order valence-corrected chi connectivity index (χ4v) is 2.67. The molecule has 1 aromatic carbocycles. The van der Waals surface area contributed by atoms with Crippen LogP contribution in [0.15, 0.2) is 30.5 Å². The number of methoxy groups -OCH3 is 1. The van der Waals surface area contributed by atoms with Crippen molar-refractivity contribution in [1.29, 1.82) is 0 Å². The fourth-order valence-electron chi connectivity index (χ4n) is 2.67. The summed E-state index contributed by atoms with van der Waals surface area (Å²) < 4.78 is 24.8. The molecule has 0 radical (unpaired) electrons. The number of fused-ring (bicyclic) bond motifs is 1. The molecule has 0 aliphatic carbocycles. The number of aromatic nitrogens is 1. The molecule has 124 valence electrons. The van der Waals surface area contributed by atoms with Crippen LogP contribution in [0.1, 0.15) is 41.1 Å². The summed E-state index contributed by atoms with van der Waals surface area (Å²) in [6, 6.07) is 5.71. The lowest BCUT2D eigenvalue weighted by Gasteiger charge is -2.31. The molecule has 0 N–H and O–H groups in total. The third kappa shape index (κ3) is 2.87. The Labute approximate surface area is 138 Å². The van der Waals surface area contributed by atoms with Crippen LogP contribution in [-0.4, -0.2) is 29.4 Å². The maximum absolute atomic E-state index is 14.4. The molecule has 2 heterocycles. The highest BCUT2D eigenvalue weighted by atomic mass is 19.1. The van der Waals surface area contributed by atoms with E-state index in [1.165, 1.54) is 31.5 Å². The summed E-state index contributed by atoms with van der Waals surface area (Å²) in [5, 5.41) is 0. The second-order valence-corrected chi connectivity index (χ2v) is 6.21. The minimum absolute atomic E-state index is 0.132. The van der Waals surface area contributed by atoms with E-state index >= 15 is 0 Å². The number of carbonyl (C=O) groups is 2. The topological polar surface area (TPSA) is 65.5 Å². The summed E-state index contributed by atoms with van der Waals surface area (Å²) in [4.78, 5) is 27.5. The number of hydrogen-bond acceptors (Lipinski definition) is 5. The van der Waals surface area contributed by atoms with Gasteiger partial charge in [-0.2, -0.15) is 0 Å². The molecule has 24 heavy (non-hydrogen) atoms. The van der Waals surface area contributed by atoms with Gasteiger partial charge in [0.15, 0.2) is 5.78 Å². The van der Waals surface area contributed by atoms with Gasteiger partial charge in [-0.1, -0.05) is 6.07 Å². The standard InChI is InChI=1S/C18H16FNO4/c1-18(2)8-15(21)12-6-13(19)11(7-16(12)24-18)10-4-5-14(20-9-10)17(22)23-3/h4-7,9H,8H2,1-3H3. The van der Waals surface area contributed by atoms with E-state index in [9.17, 15) is 14.0 Å². The Morgan fingerprint density at radius 2 is 2.04 bits per heavy atom. The number of esters is 1. The van der Waals surface area contributed by atoms with Crippen LogP contribution in [-0.2, 0) is 4.74 Å². The lowest BCUT2D eigenvalue weighted by Crippen LogP contribution is -2.36. The molecule has 0 amide bonds. The van der Waals surface area contributed by atoms with Crippen molar-refractivity contribution in [1.82, 2.24) is 4.98 Å². The van der Waals surface area contributed by atoms with Gasteiger partial charge in [-0.3, -0.25) is 4.79 Å². The zero-order chi connectivity index (χ0) is 17.5. The van der Waals surface area contributed by atoms with Crippen molar-refractivity contribution in [2.24, 2.45) is 0 Å². The highest BCUT2D eigenvalue weighted by molar-refractivity contribution is 6.01. The average molecular weight is 329 g/mol. The van der Waals surface area contributed by atoms with E-state index < -0.39 is 17.4 Å². The van der Waals surface area contributed by atoms with Crippen LogP contribution < -0.4 is 4.74 Å². The highest BCUT2D eigenvalue weighted by Gasteiger charge is 2.33. The Kier molecular flexibility index (Phi) is 3.83. The predicted octanol–water partition coefficient (Wildman–Crippen LogP) is 3.42. The van der Waals surface area contributed by atoms with Crippen LogP contribution in [0.5, 0.6) is 5.75 Å². The van der Waals surface area contributed by atoms with Crippen LogP contribution in [0.3, 0.4) is 0 Å². The number of halogens is 1. The number of benzene rings is 1. The van der Waals surface area contributed by atoms with Gasteiger partial charge in [0.25, 0.3) is 0 Å². The Morgan fingerprint density at radius 1 is 1.29 bits per heavy atom. The molecule has 0 bridgehead atoms. The average Bonchev–Trinajstić information content (AvgIpc) is 2.54. The molecular formula is C18H16FNO4. The van der Waals surface area contributed by atoms with Crippen molar-refractivity contribution < 1.29 is 23.5 Å². The SMILES string of the molecule is COC(=O)c1ccc(-c2cc3c(cc2F)C(=O)CC(C)(C)O3)cn1. The Morgan fingerprint density at radius 3 is 2.67 bits per heavy atom. The first kappa shape index (κ1) is 16.1. The van der Waals surface area contributed by atoms with E-state index in [4.69, 9.17) is 4.74 Å². The van der Waals surface area contributed by atoms with Gasteiger partial charge in [-0.25, -0.2) is 14.2 Å². The predicted molar refractivity (Wildman–Crippen MR) is 84.6 cm³/mol. The number of ether oxygens (including phenoxy) is 2. The van der Waals surface area contributed by atoms with Gasteiger partial charge in [0, 0.05) is 17.3 Å². The van der Waals surface area contributed by atoms with E-state index in [-0.39, 0.29) is 29.0 Å². The molecular weight excluding hydrogens is 313 g/mol. The van der Waals surface area contributed by atoms with Crippen LogP contribution in [0.25, 0.3) is 11.1 Å². The number of Topliss-reactive ketones (excluding diaryl/α,β-unsaturated/α-hetero) is 1. The lowest BCUT2D eigenvalue weighted by atomic mass is 9.91. The minimum Gasteiger partial charge on any atom is -0.487 e. The molecule has 3 rings (SSSR count). The second-order valence-electron chi connectivity index (χ2n) is 6.21. The number of pyridine rings is 1. The summed E-state index contributed by atoms with van der Waals surface area (Å²) in [6.07, 6.45) is 1.58. The van der Waals surface area contributed by atoms with E-state index in [1.54, 1.807) is 6.07 Å². The first-order chi connectivity index (χ1) is 11.3. The van der Waals surface area contributed by atoms with Crippen LogP contribution in [0.4, 0.5) is 4.39 Å². The Balaban J connectivity index is 2.03. The summed E-state index contributed by atoms with van der Waals surface area (Å²) in [5.74, 6) is -0.906. The zero-order valence-corrected chi connectivity index (χ0v) is 13.6. The maximum atomic E-state index is 14.4. The number of hydrogen-bond donors (Lipinski definition) is 0. The van der Waals surface area contributed by atoms with Crippen LogP contribution in [0.2, 0.25) is 0 Å². The third-order valence-corrected chi connectivity index (χ3v) is 3.81. The number of rotatable bonds is 2. The van der Waals surface area contributed by atoms with Gasteiger partial charge >= 0.3 is 5.97 Å². The van der Waals surface area contributed by atoms with Gasteiger partial charge in [0.05, 0.1) is 19.1 Å². The van der Waals surface area contributed by atoms with E-state index in [2.05, 4.69) is 9.72 Å². The third-order valence-electron chi connectivity index (χ3n) is 3.81. The van der Waals surface area contributed by atoms with Crippen molar-refractivity contribution in [2.45, 2.75) is 25.9 Å². The molecule has 6 heteroatoms. The summed E-state index contributed by atoms with van der Waals surface area (Å²) in [6.45, 7) is 3.62. The number of nitrogens with zero attached hydrogens (tertiary/aromatic N) is 1. The first-order valence-electron chi connectivity index (χ1n) is 7.41. The molecule has 0 saturated carbocycles. The first-order valence-corrected chi connectivity index (χ1v) is 7.41. The molecule has 1 aliphatic rings. The summed E-state index contributed by atoms with van der Waals surface area (Å²) in [5.41, 5.74) is 0.471. The molecule has 0 saturated heterocycles. The minimum atomic E-state index is -0.633. The molecule has 1 aliphatic heterocycles. The van der Waals surface area contributed by atoms with Crippen molar-refractivity contribution in [3.05, 3.63) is 47.5 Å². The summed E-state index contributed by atoms with van der Waals surface area (Å²) in [7, 11) is 1.26. The largest absolute Gasteiger partial charge is 0.487 e. The van der Waals surface area contributed by atoms with Gasteiger partial charge in [0.1, 0.15) is 22.9 Å². The van der Waals surface area contributed by atoms with E-state index in [1.807, 2.05) is 13.8 Å². The van der Waals surface area contributed by atoms with Gasteiger partial charge in [-0.15, -0.1) is 0 Å².